The maximum Gasteiger partial charge on any atom is 0.267 e. The summed E-state index contributed by atoms with van der Waals surface area (Å²) in [5, 5.41) is 0. The molecule has 2 aromatic rings. The molecule has 0 radical (unpaired) electrons. The van der Waals surface area contributed by atoms with Crippen molar-refractivity contribution in [3.63, 3.8) is 0 Å². The number of rotatable bonds is 4. The number of primary amides is 1. The van der Waals surface area contributed by atoms with Gasteiger partial charge in [-0.25, -0.2) is 19.9 Å². The van der Waals surface area contributed by atoms with E-state index in [1.165, 1.54) is 0 Å². The molecular formula is C17H22N6O. The van der Waals surface area contributed by atoms with Crippen LogP contribution in [0.3, 0.4) is 0 Å². The molecule has 0 unspecified atom stereocenters. The smallest absolute Gasteiger partial charge is 0.267 e. The van der Waals surface area contributed by atoms with Gasteiger partial charge < -0.3 is 10.6 Å². The minimum absolute atomic E-state index is 0.289. The van der Waals surface area contributed by atoms with Crippen LogP contribution in [0.25, 0.3) is 0 Å². The molecule has 2 aromatic heterocycles. The van der Waals surface area contributed by atoms with E-state index in [1.807, 2.05) is 13.0 Å². The van der Waals surface area contributed by atoms with Crippen LogP contribution in [0.2, 0.25) is 0 Å². The minimum Gasteiger partial charge on any atom is -0.364 e. The predicted molar refractivity (Wildman–Crippen MR) is 90.7 cm³/mol. The first kappa shape index (κ1) is 16.3. The van der Waals surface area contributed by atoms with Gasteiger partial charge in [-0.2, -0.15) is 0 Å². The highest BCUT2D eigenvalue weighted by molar-refractivity contribution is 5.90. The van der Waals surface area contributed by atoms with Gasteiger partial charge in [0, 0.05) is 30.5 Å². The number of piperidine rings is 1. The average Bonchev–Trinajstić information content (AvgIpc) is 2.54. The first-order valence-corrected chi connectivity index (χ1v) is 8.19. The first-order chi connectivity index (χ1) is 11.5. The summed E-state index contributed by atoms with van der Waals surface area (Å²) in [6.45, 7) is 5.68. The Kier molecular flexibility index (Phi) is 4.69. The van der Waals surface area contributed by atoms with Crippen LogP contribution in [-0.2, 0) is 6.42 Å². The number of carbonyl (C=O) groups is 1. The van der Waals surface area contributed by atoms with E-state index >= 15 is 0 Å². The van der Waals surface area contributed by atoms with Crippen molar-refractivity contribution in [3.05, 3.63) is 41.4 Å². The van der Waals surface area contributed by atoms with Crippen LogP contribution in [-0.4, -0.2) is 38.9 Å². The van der Waals surface area contributed by atoms with E-state index in [9.17, 15) is 4.79 Å². The van der Waals surface area contributed by atoms with Gasteiger partial charge in [-0.3, -0.25) is 4.79 Å². The molecule has 24 heavy (non-hydrogen) atoms. The first-order valence-electron chi connectivity index (χ1n) is 8.19. The van der Waals surface area contributed by atoms with Crippen molar-refractivity contribution >= 4 is 11.7 Å². The topological polar surface area (TPSA) is 97.9 Å². The number of anilines is 1. The van der Waals surface area contributed by atoms with Crippen LogP contribution in [0.1, 0.15) is 40.5 Å². The lowest BCUT2D eigenvalue weighted by Gasteiger charge is -2.33. The van der Waals surface area contributed by atoms with Gasteiger partial charge in [-0.1, -0.05) is 0 Å². The van der Waals surface area contributed by atoms with Gasteiger partial charge in [-0.15, -0.1) is 0 Å². The summed E-state index contributed by atoms with van der Waals surface area (Å²) in [5.74, 6) is 1.51. The van der Waals surface area contributed by atoms with Crippen LogP contribution in [0.15, 0.2) is 18.5 Å². The third kappa shape index (κ3) is 3.84. The predicted octanol–water partition coefficient (Wildman–Crippen LogP) is 1.44. The van der Waals surface area contributed by atoms with Gasteiger partial charge in [0.15, 0.2) is 0 Å². The number of aryl methyl sites for hydroxylation is 2. The van der Waals surface area contributed by atoms with Gasteiger partial charge >= 0.3 is 0 Å². The minimum atomic E-state index is -0.511. The Labute approximate surface area is 141 Å². The van der Waals surface area contributed by atoms with Gasteiger partial charge in [0.1, 0.15) is 23.7 Å². The summed E-state index contributed by atoms with van der Waals surface area (Å²) in [6, 6.07) is 3.73. The van der Waals surface area contributed by atoms with Crippen molar-refractivity contribution in [1.82, 2.24) is 19.9 Å². The number of carbonyl (C=O) groups excluding carboxylic acids is 1. The normalized spacial score (nSPS) is 17.8. The zero-order chi connectivity index (χ0) is 17.1. The van der Waals surface area contributed by atoms with E-state index in [0.717, 1.165) is 49.6 Å². The second-order valence-corrected chi connectivity index (χ2v) is 6.33. The molecule has 2 N–H and O–H groups in total. The van der Waals surface area contributed by atoms with E-state index in [2.05, 4.69) is 24.8 Å². The molecule has 7 heteroatoms. The molecule has 1 atom stereocenters. The summed E-state index contributed by atoms with van der Waals surface area (Å²) in [4.78, 5) is 30.8. The van der Waals surface area contributed by atoms with E-state index < -0.39 is 5.91 Å². The molecular weight excluding hydrogens is 304 g/mol. The number of nitrogens with two attached hydrogens (primary N) is 1. The summed E-state index contributed by atoms with van der Waals surface area (Å²) in [7, 11) is 0. The van der Waals surface area contributed by atoms with Crippen LogP contribution in [0.5, 0.6) is 0 Å². The fraction of sp³-hybridized carbons (Fsp3) is 0.471. The van der Waals surface area contributed by atoms with Crippen molar-refractivity contribution in [1.29, 1.82) is 0 Å². The lowest BCUT2D eigenvalue weighted by molar-refractivity contribution is 0.0995. The zero-order valence-corrected chi connectivity index (χ0v) is 14.1. The quantitative estimate of drug-likeness (QED) is 0.913. The van der Waals surface area contributed by atoms with Crippen molar-refractivity contribution < 1.29 is 4.79 Å². The van der Waals surface area contributed by atoms with Gasteiger partial charge in [0.25, 0.3) is 5.91 Å². The van der Waals surface area contributed by atoms with Crippen molar-refractivity contribution in [2.45, 2.75) is 33.1 Å². The largest absolute Gasteiger partial charge is 0.364 e. The molecule has 0 aliphatic carbocycles. The molecule has 1 fully saturated rings. The molecule has 7 nitrogen and oxygen atoms in total. The molecule has 1 amide bonds. The Bertz CT molecular complexity index is 748. The fourth-order valence-corrected chi connectivity index (χ4v) is 3.21. The third-order valence-electron chi connectivity index (χ3n) is 4.27. The van der Waals surface area contributed by atoms with Crippen molar-refractivity contribution in [3.8, 4) is 0 Å². The second-order valence-electron chi connectivity index (χ2n) is 6.33. The maximum atomic E-state index is 11.4. The summed E-state index contributed by atoms with van der Waals surface area (Å²) >= 11 is 0. The van der Waals surface area contributed by atoms with Crippen molar-refractivity contribution in [2.24, 2.45) is 11.7 Å². The Hall–Kier alpha value is -2.57. The summed E-state index contributed by atoms with van der Waals surface area (Å²) in [5.41, 5.74) is 7.48. The maximum absolute atomic E-state index is 11.4. The Morgan fingerprint density at radius 1 is 1.29 bits per heavy atom. The van der Waals surface area contributed by atoms with E-state index in [1.54, 1.807) is 19.3 Å². The molecule has 3 rings (SSSR count). The van der Waals surface area contributed by atoms with E-state index in [-0.39, 0.29) is 5.69 Å². The van der Waals surface area contributed by atoms with Crippen LogP contribution >= 0.6 is 0 Å². The highest BCUT2D eigenvalue weighted by Crippen LogP contribution is 2.24. The second kappa shape index (κ2) is 6.90. The molecule has 3 heterocycles. The molecule has 126 valence electrons. The van der Waals surface area contributed by atoms with Gasteiger partial charge in [0.2, 0.25) is 0 Å². The number of amides is 1. The average molecular weight is 326 g/mol. The Morgan fingerprint density at radius 3 is 2.88 bits per heavy atom. The fourth-order valence-electron chi connectivity index (χ4n) is 3.21. The van der Waals surface area contributed by atoms with E-state index in [4.69, 9.17) is 5.73 Å². The number of hydrogen-bond acceptors (Lipinski definition) is 6. The lowest BCUT2D eigenvalue weighted by Crippen LogP contribution is -2.37. The molecule has 1 aliphatic rings. The summed E-state index contributed by atoms with van der Waals surface area (Å²) < 4.78 is 0. The van der Waals surface area contributed by atoms with Crippen LogP contribution in [0.4, 0.5) is 5.82 Å². The molecule has 0 aromatic carbocycles. The highest BCUT2D eigenvalue weighted by Gasteiger charge is 2.22. The van der Waals surface area contributed by atoms with Gasteiger partial charge in [-0.05, 0) is 45.1 Å². The monoisotopic (exact) mass is 326 g/mol. The zero-order valence-electron chi connectivity index (χ0n) is 14.1. The molecule has 0 bridgehead atoms. The van der Waals surface area contributed by atoms with E-state index in [0.29, 0.717) is 11.7 Å². The summed E-state index contributed by atoms with van der Waals surface area (Å²) in [6.07, 6.45) is 4.67. The Morgan fingerprint density at radius 2 is 2.12 bits per heavy atom. The molecule has 0 saturated carbocycles. The standard InChI is InChI=1S/C17H22N6O/c1-11-6-16(20-10-19-11)23-5-3-4-13(9-23)7-14-8-15(17(18)24)22-12(2)21-14/h6,8,10,13H,3-5,7,9H2,1-2H3,(H2,18,24)/t13-/m1/s1. The van der Waals surface area contributed by atoms with Crippen LogP contribution < -0.4 is 10.6 Å². The third-order valence-corrected chi connectivity index (χ3v) is 4.27. The van der Waals surface area contributed by atoms with Gasteiger partial charge in [0.05, 0.1) is 0 Å². The highest BCUT2D eigenvalue weighted by atomic mass is 16.1. The van der Waals surface area contributed by atoms with Crippen molar-refractivity contribution in [2.75, 3.05) is 18.0 Å². The molecule has 1 aliphatic heterocycles. The van der Waals surface area contributed by atoms with Crippen LogP contribution in [0, 0.1) is 19.8 Å². The lowest BCUT2D eigenvalue weighted by atomic mass is 9.93. The molecule has 1 saturated heterocycles. The number of nitrogens with zero attached hydrogens (tertiary/aromatic N) is 5. The Balaban J connectivity index is 1.73. The molecule has 0 spiro atoms. The number of aromatic nitrogens is 4. The number of hydrogen-bond donors (Lipinski definition) is 1. The SMILES string of the molecule is Cc1cc(N2CCC[C@H](Cc3cc(C(N)=O)nc(C)n3)C2)ncn1.